The molecule has 0 unspecified atom stereocenters. The molecule has 1 aliphatic heterocycles. The summed E-state index contributed by atoms with van der Waals surface area (Å²) in [6, 6.07) is 17.6. The van der Waals surface area contributed by atoms with Gasteiger partial charge in [0.05, 0.1) is 31.6 Å². The molecule has 2 aliphatic rings. The molecule has 0 saturated carbocycles. The molecule has 162 valence electrons. The summed E-state index contributed by atoms with van der Waals surface area (Å²) in [4.78, 5) is 17.9. The van der Waals surface area contributed by atoms with Crippen LogP contribution in [0.5, 0.6) is 11.5 Å². The Hall–Kier alpha value is -3.80. The van der Waals surface area contributed by atoms with Crippen molar-refractivity contribution < 1.29 is 14.3 Å². The summed E-state index contributed by atoms with van der Waals surface area (Å²) in [6.45, 7) is 0. The van der Waals surface area contributed by atoms with Crippen molar-refractivity contribution in [3.63, 3.8) is 0 Å². The fourth-order valence-corrected chi connectivity index (χ4v) is 4.63. The molecule has 32 heavy (non-hydrogen) atoms. The topological polar surface area (TPSA) is 72.5 Å². The minimum absolute atomic E-state index is 0.0494. The van der Waals surface area contributed by atoms with E-state index in [1.54, 1.807) is 20.4 Å². The Balaban J connectivity index is 1.57. The van der Waals surface area contributed by atoms with Gasteiger partial charge in [-0.3, -0.25) is 9.78 Å². The lowest BCUT2D eigenvalue weighted by Gasteiger charge is -2.30. The van der Waals surface area contributed by atoms with Gasteiger partial charge in [-0.1, -0.05) is 24.3 Å². The number of benzene rings is 2. The van der Waals surface area contributed by atoms with Crippen molar-refractivity contribution in [1.29, 1.82) is 0 Å². The number of allylic oxidation sites excluding steroid dienone is 1. The van der Waals surface area contributed by atoms with Crippen molar-refractivity contribution in [2.75, 3.05) is 24.9 Å². The Morgan fingerprint density at radius 2 is 1.72 bits per heavy atom. The molecule has 0 saturated heterocycles. The van der Waals surface area contributed by atoms with E-state index in [9.17, 15) is 4.79 Å². The van der Waals surface area contributed by atoms with Gasteiger partial charge < -0.3 is 20.1 Å². The van der Waals surface area contributed by atoms with Gasteiger partial charge in [0.2, 0.25) is 0 Å². The van der Waals surface area contributed by atoms with Crippen LogP contribution in [0.4, 0.5) is 11.4 Å². The van der Waals surface area contributed by atoms with Crippen molar-refractivity contribution in [3.8, 4) is 11.5 Å². The standard InChI is InChI=1S/C26H25N3O3/c1-31-23-10-9-16(14-24(23)32-2)18-12-21-25(22(30)13-18)26(17-6-5-11-27-15-17)29-20-8-4-3-7-19(20)28-21/h3-11,14-15,18,26,28-29H,12-13H2,1-2H3/t18-,26-/m1/s1. The molecular weight excluding hydrogens is 402 g/mol. The molecule has 6 heteroatoms. The Kier molecular flexibility index (Phi) is 5.27. The van der Waals surface area contributed by atoms with Gasteiger partial charge in [-0.05, 0) is 53.8 Å². The number of pyridine rings is 1. The van der Waals surface area contributed by atoms with Crippen molar-refractivity contribution in [3.05, 3.63) is 89.4 Å². The molecule has 2 heterocycles. The van der Waals surface area contributed by atoms with Crippen LogP contribution in [0, 0.1) is 0 Å². The number of para-hydroxylation sites is 2. The van der Waals surface area contributed by atoms with Gasteiger partial charge in [0, 0.05) is 30.1 Å². The highest BCUT2D eigenvalue weighted by Crippen LogP contribution is 2.45. The zero-order valence-corrected chi connectivity index (χ0v) is 18.1. The molecule has 2 aromatic carbocycles. The van der Waals surface area contributed by atoms with E-state index in [1.807, 2.05) is 60.8 Å². The number of carbonyl (C=O) groups excluding carboxylic acids is 1. The molecular formula is C26H25N3O3. The molecule has 1 aromatic heterocycles. The van der Waals surface area contributed by atoms with E-state index < -0.39 is 0 Å². The van der Waals surface area contributed by atoms with Gasteiger partial charge in [0.15, 0.2) is 17.3 Å². The zero-order valence-electron chi connectivity index (χ0n) is 18.1. The molecule has 1 aliphatic carbocycles. The predicted octanol–water partition coefficient (Wildman–Crippen LogP) is 5.08. The average Bonchev–Trinajstić information content (AvgIpc) is 3.01. The first-order valence-electron chi connectivity index (χ1n) is 10.7. The molecule has 0 radical (unpaired) electrons. The maximum atomic E-state index is 13.6. The normalized spacial score (nSPS) is 19.8. The predicted molar refractivity (Wildman–Crippen MR) is 124 cm³/mol. The molecule has 0 amide bonds. The van der Waals surface area contributed by atoms with E-state index in [1.165, 1.54) is 0 Å². The van der Waals surface area contributed by atoms with Gasteiger partial charge in [-0.25, -0.2) is 0 Å². The van der Waals surface area contributed by atoms with Crippen molar-refractivity contribution in [1.82, 2.24) is 4.98 Å². The smallest absolute Gasteiger partial charge is 0.163 e. The minimum Gasteiger partial charge on any atom is -0.493 e. The number of hydrogen-bond donors (Lipinski definition) is 2. The van der Waals surface area contributed by atoms with Crippen molar-refractivity contribution in [2.45, 2.75) is 24.8 Å². The number of aromatic nitrogens is 1. The lowest BCUT2D eigenvalue weighted by atomic mass is 9.78. The van der Waals surface area contributed by atoms with Crippen LogP contribution in [0.25, 0.3) is 0 Å². The lowest BCUT2D eigenvalue weighted by molar-refractivity contribution is -0.116. The number of ketones is 1. The van der Waals surface area contributed by atoms with Crippen LogP contribution in [0.3, 0.4) is 0 Å². The third-order valence-corrected chi connectivity index (χ3v) is 6.21. The van der Waals surface area contributed by atoms with Crippen molar-refractivity contribution in [2.24, 2.45) is 0 Å². The maximum absolute atomic E-state index is 13.6. The van der Waals surface area contributed by atoms with Gasteiger partial charge in [0.25, 0.3) is 0 Å². The first-order chi connectivity index (χ1) is 15.7. The molecule has 2 N–H and O–H groups in total. The van der Waals surface area contributed by atoms with E-state index >= 15 is 0 Å². The molecule has 0 bridgehead atoms. The summed E-state index contributed by atoms with van der Waals surface area (Å²) in [5.41, 5.74) is 5.70. The van der Waals surface area contributed by atoms with Crippen LogP contribution in [-0.2, 0) is 4.79 Å². The van der Waals surface area contributed by atoms with Gasteiger partial charge in [-0.2, -0.15) is 0 Å². The highest BCUT2D eigenvalue weighted by Gasteiger charge is 2.36. The van der Waals surface area contributed by atoms with Gasteiger partial charge in [-0.15, -0.1) is 0 Å². The summed E-state index contributed by atoms with van der Waals surface area (Å²) >= 11 is 0. The van der Waals surface area contributed by atoms with Gasteiger partial charge in [0.1, 0.15) is 0 Å². The third kappa shape index (κ3) is 3.58. The summed E-state index contributed by atoms with van der Waals surface area (Å²) in [5.74, 6) is 1.54. The summed E-state index contributed by atoms with van der Waals surface area (Å²) in [5, 5.41) is 7.14. The number of hydrogen-bond acceptors (Lipinski definition) is 6. The summed E-state index contributed by atoms with van der Waals surface area (Å²) < 4.78 is 10.9. The lowest BCUT2D eigenvalue weighted by Crippen LogP contribution is -2.27. The summed E-state index contributed by atoms with van der Waals surface area (Å²) in [7, 11) is 3.25. The molecule has 0 spiro atoms. The Morgan fingerprint density at radius 3 is 2.47 bits per heavy atom. The van der Waals surface area contributed by atoms with E-state index in [0.717, 1.165) is 40.2 Å². The van der Waals surface area contributed by atoms with Gasteiger partial charge >= 0.3 is 0 Å². The van der Waals surface area contributed by atoms with Crippen LogP contribution < -0.4 is 20.1 Å². The Morgan fingerprint density at radius 1 is 0.906 bits per heavy atom. The largest absolute Gasteiger partial charge is 0.493 e. The number of nitrogens with one attached hydrogen (secondary N) is 2. The SMILES string of the molecule is COc1ccc([C@H]2CC(=O)C3=C(C2)Nc2ccccc2N[C@@H]3c2cccnc2)cc1OC. The second-order valence-electron chi connectivity index (χ2n) is 8.07. The molecule has 6 nitrogen and oxygen atoms in total. The molecule has 3 aromatic rings. The second-order valence-corrected chi connectivity index (χ2v) is 8.07. The molecule has 5 rings (SSSR count). The van der Waals surface area contributed by atoms with Crippen LogP contribution in [0.15, 0.2) is 78.3 Å². The highest BCUT2D eigenvalue weighted by atomic mass is 16.5. The van der Waals surface area contributed by atoms with Crippen molar-refractivity contribution >= 4 is 17.2 Å². The summed E-state index contributed by atoms with van der Waals surface area (Å²) in [6.07, 6.45) is 4.73. The van der Waals surface area contributed by atoms with E-state index in [2.05, 4.69) is 15.6 Å². The number of anilines is 2. The zero-order chi connectivity index (χ0) is 22.1. The average molecular weight is 428 g/mol. The molecule has 0 fully saturated rings. The van der Waals surface area contributed by atoms with E-state index in [-0.39, 0.29) is 17.7 Å². The molecule has 2 atom stereocenters. The Labute approximate surface area is 187 Å². The van der Waals surface area contributed by atoms with E-state index in [4.69, 9.17) is 9.47 Å². The first-order valence-corrected chi connectivity index (χ1v) is 10.7. The Bertz CT molecular complexity index is 1190. The minimum atomic E-state index is -0.256. The maximum Gasteiger partial charge on any atom is 0.163 e. The third-order valence-electron chi connectivity index (χ3n) is 6.21. The second kappa shape index (κ2) is 8.38. The highest BCUT2D eigenvalue weighted by molar-refractivity contribution is 6.01. The van der Waals surface area contributed by atoms with Crippen LogP contribution in [0.1, 0.15) is 35.9 Å². The monoisotopic (exact) mass is 427 g/mol. The number of ether oxygens (including phenoxy) is 2. The number of nitrogens with zero attached hydrogens (tertiary/aromatic N) is 1. The number of rotatable bonds is 4. The van der Waals surface area contributed by atoms with Crippen LogP contribution in [0.2, 0.25) is 0 Å². The number of fused-ring (bicyclic) bond motifs is 1. The quantitative estimate of drug-likeness (QED) is 0.605. The number of methoxy groups -OCH3 is 2. The van der Waals surface area contributed by atoms with E-state index in [0.29, 0.717) is 17.9 Å². The number of carbonyl (C=O) groups is 1. The number of Topliss-reactive ketones (excluding diaryl/α,β-unsaturated/α-hetero) is 1. The fraction of sp³-hybridized carbons (Fsp3) is 0.231. The first kappa shape index (κ1) is 20.1. The van der Waals surface area contributed by atoms with Crippen LogP contribution >= 0.6 is 0 Å². The van der Waals surface area contributed by atoms with Crippen LogP contribution in [-0.4, -0.2) is 25.0 Å². The fourth-order valence-electron chi connectivity index (χ4n) is 4.63.